The van der Waals surface area contributed by atoms with Crippen LogP contribution in [0.5, 0.6) is 0 Å². The second kappa shape index (κ2) is 4.85. The number of nitrogens with one attached hydrogen (secondary N) is 1. The minimum atomic E-state index is -4.48. The van der Waals surface area contributed by atoms with Gasteiger partial charge < -0.3 is 5.32 Å². The number of halogens is 3. The standard InChI is InChI=1S/C9H8F3NS2/c1-15-7-4-2-6(3-5-7)13-8(14)9(10,11)12/h2-5H,1H3,(H,13,14). The Bertz CT molecular complexity index is 345. The summed E-state index contributed by atoms with van der Waals surface area (Å²) >= 11 is 5.71. The molecule has 0 bridgehead atoms. The highest BCUT2D eigenvalue weighted by atomic mass is 32.2. The maximum atomic E-state index is 12.1. The molecular weight excluding hydrogens is 243 g/mol. The van der Waals surface area contributed by atoms with E-state index < -0.39 is 11.2 Å². The first-order chi connectivity index (χ1) is 6.93. The smallest absolute Gasteiger partial charge is 0.343 e. The van der Waals surface area contributed by atoms with Gasteiger partial charge in [-0.15, -0.1) is 11.8 Å². The number of benzene rings is 1. The van der Waals surface area contributed by atoms with Crippen LogP contribution in [0.15, 0.2) is 29.2 Å². The van der Waals surface area contributed by atoms with Gasteiger partial charge in [-0.05, 0) is 30.5 Å². The van der Waals surface area contributed by atoms with Gasteiger partial charge in [0.05, 0.1) is 0 Å². The highest BCUT2D eigenvalue weighted by molar-refractivity contribution is 7.98. The molecule has 0 amide bonds. The predicted molar refractivity (Wildman–Crippen MR) is 60.5 cm³/mol. The Kier molecular flexibility index (Phi) is 3.98. The number of hydrogen-bond donors (Lipinski definition) is 1. The fourth-order valence-corrected chi connectivity index (χ4v) is 1.40. The quantitative estimate of drug-likeness (QED) is 0.635. The highest BCUT2D eigenvalue weighted by Crippen LogP contribution is 2.21. The monoisotopic (exact) mass is 251 g/mol. The molecule has 1 aromatic carbocycles. The van der Waals surface area contributed by atoms with Gasteiger partial charge >= 0.3 is 6.18 Å². The van der Waals surface area contributed by atoms with Crippen LogP contribution in [0.25, 0.3) is 0 Å². The van der Waals surface area contributed by atoms with Crippen LogP contribution in [0.1, 0.15) is 0 Å². The van der Waals surface area contributed by atoms with E-state index in [0.29, 0.717) is 5.69 Å². The summed E-state index contributed by atoms with van der Waals surface area (Å²) in [6, 6.07) is 6.58. The average Bonchev–Trinajstić information content (AvgIpc) is 2.17. The molecule has 0 unspecified atom stereocenters. The van der Waals surface area contributed by atoms with E-state index in [-0.39, 0.29) is 0 Å². The van der Waals surface area contributed by atoms with Crippen LogP contribution < -0.4 is 5.32 Å². The lowest BCUT2D eigenvalue weighted by Gasteiger charge is -2.10. The van der Waals surface area contributed by atoms with E-state index >= 15 is 0 Å². The molecule has 0 radical (unpaired) electrons. The molecule has 0 aliphatic rings. The van der Waals surface area contributed by atoms with Crippen LogP contribution in [0.2, 0.25) is 0 Å². The zero-order valence-corrected chi connectivity index (χ0v) is 9.39. The van der Waals surface area contributed by atoms with Crippen molar-refractivity contribution in [3.05, 3.63) is 24.3 Å². The van der Waals surface area contributed by atoms with E-state index in [1.807, 2.05) is 6.26 Å². The molecule has 0 saturated carbocycles. The number of rotatable bonds is 2. The van der Waals surface area contributed by atoms with Gasteiger partial charge in [-0.25, -0.2) is 0 Å². The van der Waals surface area contributed by atoms with Crippen LogP contribution >= 0.6 is 24.0 Å². The van der Waals surface area contributed by atoms with Crippen molar-refractivity contribution in [2.75, 3.05) is 11.6 Å². The maximum absolute atomic E-state index is 12.1. The molecule has 0 atom stereocenters. The minimum absolute atomic E-state index is 0.343. The molecule has 0 fully saturated rings. The SMILES string of the molecule is CSc1ccc(NC(=S)C(F)(F)F)cc1. The summed E-state index contributed by atoms with van der Waals surface area (Å²) in [7, 11) is 0. The molecule has 1 rings (SSSR count). The van der Waals surface area contributed by atoms with Gasteiger partial charge in [-0.1, -0.05) is 12.2 Å². The summed E-state index contributed by atoms with van der Waals surface area (Å²) in [5.41, 5.74) is 0.343. The predicted octanol–water partition coefficient (Wildman–Crippen LogP) is 3.71. The van der Waals surface area contributed by atoms with Gasteiger partial charge in [-0.2, -0.15) is 13.2 Å². The Hall–Kier alpha value is -0.750. The van der Waals surface area contributed by atoms with Gasteiger partial charge in [0.1, 0.15) is 0 Å². The third kappa shape index (κ3) is 3.71. The van der Waals surface area contributed by atoms with E-state index in [2.05, 4.69) is 17.5 Å². The Labute approximate surface area is 95.1 Å². The molecule has 0 aliphatic heterocycles. The number of anilines is 1. The molecule has 0 aromatic heterocycles. The zero-order valence-electron chi connectivity index (χ0n) is 7.76. The van der Waals surface area contributed by atoms with E-state index in [1.165, 1.54) is 11.8 Å². The number of alkyl halides is 3. The zero-order chi connectivity index (χ0) is 11.5. The molecule has 0 saturated heterocycles. The van der Waals surface area contributed by atoms with Crippen LogP contribution in [0.4, 0.5) is 18.9 Å². The van der Waals surface area contributed by atoms with Crippen molar-refractivity contribution < 1.29 is 13.2 Å². The average molecular weight is 251 g/mol. The van der Waals surface area contributed by atoms with Crippen molar-refractivity contribution >= 4 is 34.7 Å². The van der Waals surface area contributed by atoms with Crippen molar-refractivity contribution in [2.24, 2.45) is 0 Å². The number of thiocarbonyl (C=S) groups is 1. The van der Waals surface area contributed by atoms with Crippen LogP contribution in [0.3, 0.4) is 0 Å². The summed E-state index contributed by atoms with van der Waals surface area (Å²) in [4.78, 5) is -0.141. The van der Waals surface area contributed by atoms with E-state index in [0.717, 1.165) is 4.90 Å². The molecule has 0 aliphatic carbocycles. The van der Waals surface area contributed by atoms with Gasteiger partial charge in [0, 0.05) is 10.6 Å². The summed E-state index contributed by atoms with van der Waals surface area (Å²) in [5.74, 6) is 0. The van der Waals surface area contributed by atoms with Crippen molar-refractivity contribution in [3.63, 3.8) is 0 Å². The highest BCUT2D eigenvalue weighted by Gasteiger charge is 2.34. The van der Waals surface area contributed by atoms with E-state index in [9.17, 15) is 13.2 Å². The summed E-state index contributed by atoms with van der Waals surface area (Å²) in [6.45, 7) is 0. The molecule has 82 valence electrons. The third-order valence-corrected chi connectivity index (χ3v) is 2.68. The lowest BCUT2D eigenvalue weighted by Crippen LogP contribution is -2.27. The molecule has 6 heteroatoms. The number of hydrogen-bond acceptors (Lipinski definition) is 2. The van der Waals surface area contributed by atoms with Crippen LogP contribution in [-0.2, 0) is 0 Å². The van der Waals surface area contributed by atoms with E-state index in [4.69, 9.17) is 0 Å². The molecule has 0 heterocycles. The Morgan fingerprint density at radius 2 is 1.80 bits per heavy atom. The minimum Gasteiger partial charge on any atom is -0.343 e. The fraction of sp³-hybridized carbons (Fsp3) is 0.222. The lowest BCUT2D eigenvalue weighted by atomic mass is 10.3. The van der Waals surface area contributed by atoms with Gasteiger partial charge in [-0.3, -0.25) is 0 Å². The molecule has 1 N–H and O–H groups in total. The Morgan fingerprint density at radius 1 is 1.27 bits per heavy atom. The summed E-state index contributed by atoms with van der Waals surface area (Å²) < 4.78 is 36.2. The molecule has 15 heavy (non-hydrogen) atoms. The second-order valence-electron chi connectivity index (χ2n) is 2.68. The molecule has 0 spiro atoms. The second-order valence-corrected chi connectivity index (χ2v) is 3.97. The summed E-state index contributed by atoms with van der Waals surface area (Å²) in [5, 5.41) is 2.13. The first kappa shape index (κ1) is 12.3. The molecule has 1 nitrogen and oxygen atoms in total. The van der Waals surface area contributed by atoms with Gasteiger partial charge in [0.2, 0.25) is 0 Å². The number of thioether (sulfide) groups is 1. The third-order valence-electron chi connectivity index (χ3n) is 1.61. The van der Waals surface area contributed by atoms with Crippen LogP contribution in [-0.4, -0.2) is 17.4 Å². The maximum Gasteiger partial charge on any atom is 0.441 e. The van der Waals surface area contributed by atoms with Crippen molar-refractivity contribution in [1.82, 2.24) is 0 Å². The van der Waals surface area contributed by atoms with Gasteiger partial charge in [0.25, 0.3) is 0 Å². The first-order valence-electron chi connectivity index (χ1n) is 3.95. The fourth-order valence-electron chi connectivity index (χ4n) is 0.876. The largest absolute Gasteiger partial charge is 0.441 e. The topological polar surface area (TPSA) is 12.0 Å². The van der Waals surface area contributed by atoms with Crippen molar-refractivity contribution in [3.8, 4) is 0 Å². The molecule has 1 aromatic rings. The molecular formula is C9H8F3NS2. The Morgan fingerprint density at radius 3 is 2.20 bits per heavy atom. The van der Waals surface area contributed by atoms with Crippen LogP contribution in [0, 0.1) is 0 Å². The van der Waals surface area contributed by atoms with E-state index in [1.54, 1.807) is 24.3 Å². The lowest BCUT2D eigenvalue weighted by molar-refractivity contribution is -0.0562. The van der Waals surface area contributed by atoms with Gasteiger partial charge in [0.15, 0.2) is 4.99 Å². The first-order valence-corrected chi connectivity index (χ1v) is 5.59. The van der Waals surface area contributed by atoms with Crippen molar-refractivity contribution in [1.29, 1.82) is 0 Å². The summed E-state index contributed by atoms with van der Waals surface area (Å²) in [6.07, 6.45) is -2.59. The van der Waals surface area contributed by atoms with Crippen molar-refractivity contribution in [2.45, 2.75) is 11.1 Å². The Balaban J connectivity index is 2.70. The normalized spacial score (nSPS) is 11.2.